The van der Waals surface area contributed by atoms with E-state index in [2.05, 4.69) is 40.9 Å². The number of nitrogens with zero attached hydrogens (tertiary/aromatic N) is 2. The molecule has 4 heteroatoms. The van der Waals surface area contributed by atoms with Crippen LogP contribution in [0.15, 0.2) is 59.7 Å². The maximum absolute atomic E-state index is 11.9. The monoisotopic (exact) mass is 320 g/mol. The van der Waals surface area contributed by atoms with Crippen molar-refractivity contribution in [3.8, 4) is 0 Å². The van der Waals surface area contributed by atoms with Crippen LogP contribution < -0.4 is 5.43 Å². The topological polar surface area (TPSA) is 41.5 Å². The summed E-state index contributed by atoms with van der Waals surface area (Å²) in [4.78, 5) is 11.9. The molecule has 0 aliphatic heterocycles. The minimum absolute atomic E-state index is 0.0942. The summed E-state index contributed by atoms with van der Waals surface area (Å²) < 4.78 is 0.568. The first-order valence-electron chi connectivity index (χ1n) is 7.97. The standard InChI is InChI=1S/C20H21N3O/c1-23(2,3)14-20(24)22-21-13-19-17-10-6-4-8-15(17)12-16-9-5-7-11-18(16)19/h4-13H,14H2,1-3H3/p+1/b21-13-. The Hall–Kier alpha value is -2.72. The van der Waals surface area contributed by atoms with E-state index in [0.29, 0.717) is 11.0 Å². The van der Waals surface area contributed by atoms with Gasteiger partial charge in [-0.05, 0) is 27.6 Å². The maximum atomic E-state index is 11.9. The molecule has 1 N–H and O–H groups in total. The van der Waals surface area contributed by atoms with E-state index in [1.165, 1.54) is 0 Å². The second kappa shape index (κ2) is 6.42. The number of nitrogens with one attached hydrogen (secondary N) is 1. The van der Waals surface area contributed by atoms with Crippen LogP contribution >= 0.6 is 0 Å². The Bertz CT molecular complexity index is 869. The Morgan fingerprint density at radius 3 is 2.08 bits per heavy atom. The fraction of sp³-hybridized carbons (Fsp3) is 0.200. The lowest BCUT2D eigenvalue weighted by molar-refractivity contribution is -0.862. The number of hydrazone groups is 1. The molecule has 0 atom stereocenters. The number of carbonyl (C=O) groups excluding carboxylic acids is 1. The largest absolute Gasteiger partial charge is 0.323 e. The van der Waals surface area contributed by atoms with Crippen molar-refractivity contribution in [2.45, 2.75) is 0 Å². The van der Waals surface area contributed by atoms with Gasteiger partial charge in [0.05, 0.1) is 27.4 Å². The van der Waals surface area contributed by atoms with Gasteiger partial charge in [0.1, 0.15) is 0 Å². The van der Waals surface area contributed by atoms with Gasteiger partial charge in [-0.2, -0.15) is 5.10 Å². The summed E-state index contributed by atoms with van der Waals surface area (Å²) in [5, 5.41) is 8.77. The van der Waals surface area contributed by atoms with Crippen LogP contribution in [0.2, 0.25) is 0 Å². The summed E-state index contributed by atoms with van der Waals surface area (Å²) in [5.74, 6) is -0.0942. The number of amides is 1. The molecule has 122 valence electrons. The second-order valence-electron chi connectivity index (χ2n) is 6.97. The van der Waals surface area contributed by atoms with Crippen LogP contribution in [0.3, 0.4) is 0 Å². The zero-order valence-electron chi connectivity index (χ0n) is 14.3. The molecule has 0 aliphatic rings. The zero-order chi connectivity index (χ0) is 17.2. The Kier molecular flexibility index (Phi) is 4.32. The Balaban J connectivity index is 1.98. The number of carbonyl (C=O) groups is 1. The quantitative estimate of drug-likeness (QED) is 0.341. The highest BCUT2D eigenvalue weighted by atomic mass is 16.2. The molecule has 1 amide bonds. The molecule has 0 aliphatic carbocycles. The highest BCUT2D eigenvalue weighted by Gasteiger charge is 2.13. The summed E-state index contributed by atoms with van der Waals surface area (Å²) in [6, 6.07) is 18.6. The van der Waals surface area contributed by atoms with Gasteiger partial charge in [0, 0.05) is 5.56 Å². The van der Waals surface area contributed by atoms with Crippen LogP contribution in [-0.2, 0) is 4.79 Å². The van der Waals surface area contributed by atoms with Crippen molar-refractivity contribution < 1.29 is 9.28 Å². The smallest absolute Gasteiger partial charge is 0.295 e. The number of likely N-dealkylation sites (N-methyl/N-ethyl adjacent to an activating group) is 1. The predicted octanol–water partition coefficient (Wildman–Crippen LogP) is 3.15. The lowest BCUT2D eigenvalue weighted by Gasteiger charge is -2.22. The van der Waals surface area contributed by atoms with Gasteiger partial charge in [0.25, 0.3) is 5.91 Å². The van der Waals surface area contributed by atoms with Gasteiger partial charge in [-0.1, -0.05) is 48.5 Å². The van der Waals surface area contributed by atoms with Gasteiger partial charge >= 0.3 is 0 Å². The second-order valence-corrected chi connectivity index (χ2v) is 6.97. The van der Waals surface area contributed by atoms with Crippen molar-refractivity contribution in [2.24, 2.45) is 5.10 Å². The van der Waals surface area contributed by atoms with Crippen LogP contribution in [0.1, 0.15) is 5.56 Å². The number of quaternary nitrogens is 1. The minimum atomic E-state index is -0.0942. The minimum Gasteiger partial charge on any atom is -0.323 e. The Morgan fingerprint density at radius 2 is 1.54 bits per heavy atom. The van der Waals surface area contributed by atoms with E-state index in [0.717, 1.165) is 27.1 Å². The molecular formula is C20H22N3O+. The summed E-state index contributed by atoms with van der Waals surface area (Å²) in [6.07, 6.45) is 1.75. The van der Waals surface area contributed by atoms with Gasteiger partial charge in [-0.3, -0.25) is 4.79 Å². The van der Waals surface area contributed by atoms with Gasteiger partial charge in [-0.15, -0.1) is 0 Å². The van der Waals surface area contributed by atoms with Crippen molar-refractivity contribution in [3.63, 3.8) is 0 Å². The van der Waals surface area contributed by atoms with Crippen molar-refractivity contribution in [2.75, 3.05) is 27.7 Å². The lowest BCUT2D eigenvalue weighted by atomic mass is 9.97. The molecule has 0 saturated carbocycles. The van der Waals surface area contributed by atoms with Crippen LogP contribution in [-0.4, -0.2) is 44.3 Å². The van der Waals surface area contributed by atoms with Gasteiger partial charge in [0.15, 0.2) is 6.54 Å². The predicted molar refractivity (Wildman–Crippen MR) is 100 cm³/mol. The SMILES string of the molecule is C[N+](C)(C)CC(=O)N/N=C\c1c2ccccc2cc2ccccc12. The average molecular weight is 320 g/mol. The molecule has 0 spiro atoms. The molecule has 0 fully saturated rings. The van der Waals surface area contributed by atoms with Crippen LogP contribution in [0.4, 0.5) is 0 Å². The van der Waals surface area contributed by atoms with E-state index in [9.17, 15) is 4.79 Å². The number of rotatable bonds is 4. The van der Waals surface area contributed by atoms with Crippen LogP contribution in [0, 0.1) is 0 Å². The summed E-state index contributed by atoms with van der Waals surface area (Å²) in [6.45, 7) is 0.383. The van der Waals surface area contributed by atoms with E-state index >= 15 is 0 Å². The fourth-order valence-electron chi connectivity index (χ4n) is 2.82. The van der Waals surface area contributed by atoms with Crippen LogP contribution in [0.25, 0.3) is 21.5 Å². The van der Waals surface area contributed by atoms with E-state index in [4.69, 9.17) is 0 Å². The molecule has 0 radical (unpaired) electrons. The van der Waals surface area contributed by atoms with Crippen molar-refractivity contribution >= 4 is 33.7 Å². The van der Waals surface area contributed by atoms with Crippen molar-refractivity contribution in [1.29, 1.82) is 0 Å². The summed E-state index contributed by atoms with van der Waals surface area (Å²) >= 11 is 0. The summed E-state index contributed by atoms with van der Waals surface area (Å²) in [5.41, 5.74) is 3.65. The third-order valence-electron chi connectivity index (χ3n) is 3.81. The van der Waals surface area contributed by atoms with Gasteiger partial charge < -0.3 is 4.48 Å². The molecule has 0 heterocycles. The normalized spacial score (nSPS) is 12.1. The Labute approximate surface area is 142 Å². The maximum Gasteiger partial charge on any atom is 0.295 e. The molecule has 0 aromatic heterocycles. The van der Waals surface area contributed by atoms with Gasteiger partial charge in [0.2, 0.25) is 0 Å². The third-order valence-corrected chi connectivity index (χ3v) is 3.81. The first-order chi connectivity index (χ1) is 11.4. The van der Waals surface area contributed by atoms with Crippen molar-refractivity contribution in [3.05, 3.63) is 60.2 Å². The molecule has 24 heavy (non-hydrogen) atoms. The van der Waals surface area contributed by atoms with Gasteiger partial charge in [-0.25, -0.2) is 5.43 Å². The molecule has 0 saturated heterocycles. The molecule has 3 rings (SSSR count). The zero-order valence-corrected chi connectivity index (χ0v) is 14.3. The average Bonchev–Trinajstić information content (AvgIpc) is 2.52. The molecule has 0 bridgehead atoms. The highest BCUT2D eigenvalue weighted by Crippen LogP contribution is 2.27. The summed E-state index contributed by atoms with van der Waals surface area (Å²) in [7, 11) is 5.92. The Morgan fingerprint density at radius 1 is 1.00 bits per heavy atom. The van der Waals surface area contributed by atoms with E-state index < -0.39 is 0 Å². The number of benzene rings is 3. The first kappa shape index (κ1) is 16.1. The number of fused-ring (bicyclic) bond motifs is 2. The fourth-order valence-corrected chi connectivity index (χ4v) is 2.82. The molecule has 3 aromatic rings. The molecule has 4 nitrogen and oxygen atoms in total. The first-order valence-corrected chi connectivity index (χ1v) is 7.97. The molecule has 0 unspecified atom stereocenters. The number of hydrogen-bond donors (Lipinski definition) is 1. The van der Waals surface area contributed by atoms with E-state index in [-0.39, 0.29) is 5.91 Å². The molecule has 3 aromatic carbocycles. The lowest BCUT2D eigenvalue weighted by Crippen LogP contribution is -2.43. The van der Waals surface area contributed by atoms with Crippen molar-refractivity contribution in [1.82, 2.24) is 5.43 Å². The molecular weight excluding hydrogens is 298 g/mol. The van der Waals surface area contributed by atoms with Crippen LogP contribution in [0.5, 0.6) is 0 Å². The number of hydrogen-bond acceptors (Lipinski definition) is 2. The van der Waals surface area contributed by atoms with E-state index in [1.54, 1.807) is 6.21 Å². The van der Waals surface area contributed by atoms with E-state index in [1.807, 2.05) is 45.4 Å². The highest BCUT2D eigenvalue weighted by molar-refractivity contribution is 6.13. The third kappa shape index (κ3) is 3.60.